The predicted octanol–water partition coefficient (Wildman–Crippen LogP) is 2.88. The van der Waals surface area contributed by atoms with Crippen molar-refractivity contribution in [2.24, 2.45) is 0 Å². The Labute approximate surface area is 134 Å². The molecule has 0 bridgehead atoms. The van der Waals surface area contributed by atoms with Gasteiger partial charge in [-0.05, 0) is 36.6 Å². The van der Waals surface area contributed by atoms with Crippen LogP contribution in [0.25, 0.3) is 0 Å². The monoisotopic (exact) mass is 314 g/mol. The van der Waals surface area contributed by atoms with Crippen LogP contribution >= 0.6 is 0 Å². The number of carbonyl (C=O) groups is 1. The van der Waals surface area contributed by atoms with E-state index in [1.807, 2.05) is 25.1 Å². The van der Waals surface area contributed by atoms with Gasteiger partial charge in [0.05, 0.1) is 12.0 Å². The largest absolute Gasteiger partial charge is 0.496 e. The van der Waals surface area contributed by atoms with Gasteiger partial charge in [0.1, 0.15) is 11.3 Å². The fraction of sp³-hybridized carbons (Fsp3) is 0.235. The second-order valence-corrected chi connectivity index (χ2v) is 5.08. The van der Waals surface area contributed by atoms with Crippen molar-refractivity contribution >= 4 is 11.6 Å². The number of nitrogens with zero attached hydrogens (tertiary/aromatic N) is 1. The van der Waals surface area contributed by atoms with E-state index in [1.165, 1.54) is 18.2 Å². The van der Waals surface area contributed by atoms with Gasteiger partial charge in [-0.2, -0.15) is 0 Å². The summed E-state index contributed by atoms with van der Waals surface area (Å²) in [5, 5.41) is 13.6. The molecule has 0 heterocycles. The van der Waals surface area contributed by atoms with Gasteiger partial charge in [-0.3, -0.25) is 14.9 Å². The summed E-state index contributed by atoms with van der Waals surface area (Å²) < 4.78 is 5.20. The second kappa shape index (κ2) is 7.40. The molecule has 0 radical (unpaired) electrons. The number of carbonyl (C=O) groups excluding carboxylic acids is 1. The summed E-state index contributed by atoms with van der Waals surface area (Å²) in [5.74, 6) is 0.375. The smallest absolute Gasteiger partial charge is 0.282 e. The summed E-state index contributed by atoms with van der Waals surface area (Å²) in [6.45, 7) is 2.35. The first-order chi connectivity index (χ1) is 11.0. The van der Waals surface area contributed by atoms with E-state index in [1.54, 1.807) is 13.2 Å². The SMILES string of the molecule is COc1ccc(CCNC(=O)c2ccccc2[N+](=O)[O-])cc1C. The fourth-order valence-corrected chi connectivity index (χ4v) is 2.34. The maximum absolute atomic E-state index is 12.1. The minimum atomic E-state index is -0.554. The van der Waals surface area contributed by atoms with Crippen molar-refractivity contribution in [3.63, 3.8) is 0 Å². The molecule has 0 aliphatic heterocycles. The fourth-order valence-electron chi connectivity index (χ4n) is 2.34. The number of rotatable bonds is 6. The maximum atomic E-state index is 12.1. The van der Waals surface area contributed by atoms with Crippen molar-refractivity contribution in [3.05, 3.63) is 69.3 Å². The van der Waals surface area contributed by atoms with Crippen molar-refractivity contribution in [1.82, 2.24) is 5.32 Å². The van der Waals surface area contributed by atoms with Crippen molar-refractivity contribution in [3.8, 4) is 5.75 Å². The summed E-state index contributed by atoms with van der Waals surface area (Å²) >= 11 is 0. The Morgan fingerprint density at radius 2 is 2.00 bits per heavy atom. The molecule has 2 aromatic rings. The van der Waals surface area contributed by atoms with Crippen molar-refractivity contribution in [2.75, 3.05) is 13.7 Å². The third kappa shape index (κ3) is 4.06. The number of nitrogens with one attached hydrogen (secondary N) is 1. The molecule has 2 rings (SSSR count). The molecule has 6 heteroatoms. The van der Waals surface area contributed by atoms with E-state index in [2.05, 4.69) is 5.32 Å². The van der Waals surface area contributed by atoms with Crippen LogP contribution in [0.1, 0.15) is 21.5 Å². The molecule has 1 N–H and O–H groups in total. The maximum Gasteiger partial charge on any atom is 0.282 e. The zero-order valence-corrected chi connectivity index (χ0v) is 13.0. The first kappa shape index (κ1) is 16.5. The van der Waals surface area contributed by atoms with E-state index in [0.717, 1.165) is 16.9 Å². The highest BCUT2D eigenvalue weighted by atomic mass is 16.6. The summed E-state index contributed by atoms with van der Waals surface area (Å²) in [4.78, 5) is 22.5. The molecule has 6 nitrogen and oxygen atoms in total. The van der Waals surface area contributed by atoms with E-state index in [9.17, 15) is 14.9 Å². The van der Waals surface area contributed by atoms with Gasteiger partial charge < -0.3 is 10.1 Å². The highest BCUT2D eigenvalue weighted by Crippen LogP contribution is 2.19. The normalized spacial score (nSPS) is 10.2. The van der Waals surface area contributed by atoms with Gasteiger partial charge in [-0.25, -0.2) is 0 Å². The van der Waals surface area contributed by atoms with E-state index < -0.39 is 10.8 Å². The Balaban J connectivity index is 1.98. The molecule has 2 aromatic carbocycles. The minimum Gasteiger partial charge on any atom is -0.496 e. The highest BCUT2D eigenvalue weighted by Gasteiger charge is 2.18. The number of amides is 1. The van der Waals surface area contributed by atoms with Crippen LogP contribution in [0.2, 0.25) is 0 Å². The standard InChI is InChI=1S/C17H18N2O4/c1-12-11-13(7-8-16(12)23-2)9-10-18-17(20)14-5-3-4-6-15(14)19(21)22/h3-8,11H,9-10H2,1-2H3,(H,18,20). The topological polar surface area (TPSA) is 81.5 Å². The predicted molar refractivity (Wildman–Crippen MR) is 86.9 cm³/mol. The zero-order chi connectivity index (χ0) is 16.8. The average Bonchev–Trinajstić information content (AvgIpc) is 2.55. The number of aryl methyl sites for hydroxylation is 1. The van der Waals surface area contributed by atoms with Gasteiger partial charge in [0, 0.05) is 12.6 Å². The van der Waals surface area contributed by atoms with Crippen LogP contribution < -0.4 is 10.1 Å². The van der Waals surface area contributed by atoms with E-state index >= 15 is 0 Å². The molecule has 0 fully saturated rings. The lowest BCUT2D eigenvalue weighted by molar-refractivity contribution is -0.385. The van der Waals surface area contributed by atoms with Crippen LogP contribution in [0, 0.1) is 17.0 Å². The van der Waals surface area contributed by atoms with Gasteiger partial charge in [0.2, 0.25) is 0 Å². The molecule has 0 aliphatic carbocycles. The zero-order valence-electron chi connectivity index (χ0n) is 13.0. The summed E-state index contributed by atoms with van der Waals surface area (Å²) in [6, 6.07) is 11.7. The summed E-state index contributed by atoms with van der Waals surface area (Å²) in [7, 11) is 1.62. The lowest BCUT2D eigenvalue weighted by Crippen LogP contribution is -2.26. The van der Waals surface area contributed by atoms with Crippen LogP contribution in [0.3, 0.4) is 0 Å². The Morgan fingerprint density at radius 1 is 1.26 bits per heavy atom. The van der Waals surface area contributed by atoms with Gasteiger partial charge >= 0.3 is 0 Å². The van der Waals surface area contributed by atoms with Crippen molar-refractivity contribution in [2.45, 2.75) is 13.3 Å². The molecule has 23 heavy (non-hydrogen) atoms. The van der Waals surface area contributed by atoms with Crippen molar-refractivity contribution < 1.29 is 14.5 Å². The lowest BCUT2D eigenvalue weighted by atomic mass is 10.1. The number of hydrogen-bond donors (Lipinski definition) is 1. The molecule has 0 aliphatic rings. The Bertz CT molecular complexity index is 728. The first-order valence-electron chi connectivity index (χ1n) is 7.18. The van der Waals surface area contributed by atoms with E-state index in [4.69, 9.17) is 4.74 Å². The van der Waals surface area contributed by atoms with Gasteiger partial charge in [-0.1, -0.05) is 24.3 Å². The third-order valence-electron chi connectivity index (χ3n) is 3.50. The molecular formula is C17H18N2O4. The molecule has 0 saturated heterocycles. The molecule has 120 valence electrons. The first-order valence-corrected chi connectivity index (χ1v) is 7.18. The number of nitro benzene ring substituents is 1. The summed E-state index contributed by atoms with van der Waals surface area (Å²) in [6.07, 6.45) is 0.636. The van der Waals surface area contributed by atoms with Crippen LogP contribution in [-0.4, -0.2) is 24.5 Å². The van der Waals surface area contributed by atoms with Gasteiger partial charge in [0.15, 0.2) is 0 Å². The number of hydrogen-bond acceptors (Lipinski definition) is 4. The number of nitro groups is 1. The van der Waals surface area contributed by atoms with E-state index in [-0.39, 0.29) is 11.3 Å². The molecular weight excluding hydrogens is 296 g/mol. The van der Waals surface area contributed by atoms with Crippen molar-refractivity contribution in [1.29, 1.82) is 0 Å². The highest BCUT2D eigenvalue weighted by molar-refractivity contribution is 5.98. The molecule has 0 spiro atoms. The Kier molecular flexibility index (Phi) is 5.30. The lowest BCUT2D eigenvalue weighted by Gasteiger charge is -2.08. The summed E-state index contributed by atoms with van der Waals surface area (Å²) in [5.41, 5.74) is 1.97. The molecule has 0 saturated carbocycles. The number of benzene rings is 2. The van der Waals surface area contributed by atoms with Gasteiger partial charge in [-0.15, -0.1) is 0 Å². The number of ether oxygens (including phenoxy) is 1. The van der Waals surface area contributed by atoms with Crippen LogP contribution in [0.5, 0.6) is 5.75 Å². The van der Waals surface area contributed by atoms with Crippen LogP contribution in [0.15, 0.2) is 42.5 Å². The second-order valence-electron chi connectivity index (χ2n) is 5.08. The molecule has 0 atom stereocenters. The van der Waals surface area contributed by atoms with Crippen LogP contribution in [-0.2, 0) is 6.42 Å². The Morgan fingerprint density at radius 3 is 2.65 bits per heavy atom. The van der Waals surface area contributed by atoms with Gasteiger partial charge in [0.25, 0.3) is 11.6 Å². The van der Waals surface area contributed by atoms with E-state index in [0.29, 0.717) is 13.0 Å². The third-order valence-corrected chi connectivity index (χ3v) is 3.50. The number of para-hydroxylation sites is 1. The molecule has 0 aromatic heterocycles. The molecule has 0 unspecified atom stereocenters. The average molecular weight is 314 g/mol. The quantitative estimate of drug-likeness (QED) is 0.656. The Hall–Kier alpha value is -2.89. The molecule has 1 amide bonds. The van der Waals surface area contributed by atoms with Crippen LogP contribution in [0.4, 0.5) is 5.69 Å². The minimum absolute atomic E-state index is 0.0726. The number of methoxy groups -OCH3 is 1.